The Morgan fingerprint density at radius 2 is 2.00 bits per heavy atom. The van der Waals surface area contributed by atoms with Crippen LogP contribution in [-0.2, 0) is 13.0 Å². The van der Waals surface area contributed by atoms with Gasteiger partial charge in [-0.05, 0) is 30.5 Å². The van der Waals surface area contributed by atoms with Crippen molar-refractivity contribution < 1.29 is 4.74 Å². The summed E-state index contributed by atoms with van der Waals surface area (Å²) in [5, 5.41) is 0.585. The van der Waals surface area contributed by atoms with Crippen molar-refractivity contribution in [2.45, 2.75) is 32.4 Å². The molecule has 1 aromatic carbocycles. The summed E-state index contributed by atoms with van der Waals surface area (Å²) in [7, 11) is 0. The molecule has 4 nitrogen and oxygen atoms in total. The van der Waals surface area contributed by atoms with Crippen molar-refractivity contribution in [3.8, 4) is 5.75 Å². The van der Waals surface area contributed by atoms with Crippen LogP contribution in [0.2, 0.25) is 5.02 Å². The van der Waals surface area contributed by atoms with Crippen molar-refractivity contribution in [3.63, 3.8) is 0 Å². The number of ether oxygens (including phenoxy) is 1. The van der Waals surface area contributed by atoms with E-state index in [1.54, 1.807) is 18.5 Å². The van der Waals surface area contributed by atoms with Gasteiger partial charge in [-0.1, -0.05) is 30.7 Å². The number of benzene rings is 1. The second kappa shape index (κ2) is 7.22. The Morgan fingerprint density at radius 3 is 2.70 bits per heavy atom. The van der Waals surface area contributed by atoms with Crippen LogP contribution in [-0.4, -0.2) is 16.0 Å². The van der Waals surface area contributed by atoms with Gasteiger partial charge in [0, 0.05) is 18.4 Å². The van der Waals surface area contributed by atoms with Crippen molar-refractivity contribution in [3.05, 3.63) is 53.1 Å². The molecular formula is C15H18ClN3O. The maximum absolute atomic E-state index is 6.22. The molecule has 2 aromatic rings. The van der Waals surface area contributed by atoms with Gasteiger partial charge in [0.05, 0.1) is 5.02 Å². The Hall–Kier alpha value is -1.65. The van der Waals surface area contributed by atoms with Gasteiger partial charge in [0.2, 0.25) is 0 Å². The molecule has 1 heterocycles. The fourth-order valence-corrected chi connectivity index (χ4v) is 2.09. The summed E-state index contributed by atoms with van der Waals surface area (Å²) in [4.78, 5) is 8.25. The SMILES string of the molecule is CCC(N)Cc1cccc(Cl)c1OCc1ncccn1. The summed E-state index contributed by atoms with van der Waals surface area (Å²) in [6, 6.07) is 7.58. The molecule has 1 aromatic heterocycles. The second-order valence-electron chi connectivity index (χ2n) is 4.55. The first-order chi connectivity index (χ1) is 9.70. The van der Waals surface area contributed by atoms with Crippen LogP contribution in [0.4, 0.5) is 0 Å². The van der Waals surface area contributed by atoms with Crippen LogP contribution >= 0.6 is 11.6 Å². The number of hydrogen-bond acceptors (Lipinski definition) is 4. The van der Waals surface area contributed by atoms with Crippen LogP contribution in [0.1, 0.15) is 24.7 Å². The van der Waals surface area contributed by atoms with Gasteiger partial charge in [-0.25, -0.2) is 9.97 Å². The number of nitrogens with zero attached hydrogens (tertiary/aromatic N) is 2. The summed E-state index contributed by atoms with van der Waals surface area (Å²) in [5.74, 6) is 1.30. The summed E-state index contributed by atoms with van der Waals surface area (Å²) in [6.07, 6.45) is 5.02. The first-order valence-electron chi connectivity index (χ1n) is 6.62. The van der Waals surface area contributed by atoms with E-state index in [0.717, 1.165) is 18.4 Å². The van der Waals surface area contributed by atoms with Crippen molar-refractivity contribution >= 4 is 11.6 Å². The lowest BCUT2D eigenvalue weighted by atomic mass is 10.0. The van der Waals surface area contributed by atoms with E-state index >= 15 is 0 Å². The molecular weight excluding hydrogens is 274 g/mol. The first kappa shape index (κ1) is 14.8. The summed E-state index contributed by atoms with van der Waals surface area (Å²) < 4.78 is 5.79. The fourth-order valence-electron chi connectivity index (χ4n) is 1.84. The molecule has 2 N–H and O–H groups in total. The van der Waals surface area contributed by atoms with E-state index in [-0.39, 0.29) is 6.04 Å². The van der Waals surface area contributed by atoms with Gasteiger partial charge < -0.3 is 10.5 Å². The van der Waals surface area contributed by atoms with Crippen molar-refractivity contribution in [1.82, 2.24) is 9.97 Å². The maximum Gasteiger partial charge on any atom is 0.166 e. The highest BCUT2D eigenvalue weighted by atomic mass is 35.5. The molecule has 0 aliphatic heterocycles. The molecule has 0 aliphatic carbocycles. The number of aromatic nitrogens is 2. The third-order valence-corrected chi connectivity index (χ3v) is 3.32. The quantitative estimate of drug-likeness (QED) is 0.889. The molecule has 0 aliphatic rings. The molecule has 20 heavy (non-hydrogen) atoms. The number of rotatable bonds is 6. The Balaban J connectivity index is 2.13. The van der Waals surface area contributed by atoms with E-state index in [9.17, 15) is 0 Å². The highest BCUT2D eigenvalue weighted by Gasteiger charge is 2.12. The molecule has 5 heteroatoms. The zero-order chi connectivity index (χ0) is 14.4. The van der Waals surface area contributed by atoms with Crippen LogP contribution in [0.3, 0.4) is 0 Å². The van der Waals surface area contributed by atoms with E-state index in [1.807, 2.05) is 18.2 Å². The van der Waals surface area contributed by atoms with Crippen molar-refractivity contribution in [2.24, 2.45) is 5.73 Å². The minimum absolute atomic E-state index is 0.101. The van der Waals surface area contributed by atoms with E-state index < -0.39 is 0 Å². The highest BCUT2D eigenvalue weighted by molar-refractivity contribution is 6.32. The predicted molar refractivity (Wildman–Crippen MR) is 79.8 cm³/mol. The zero-order valence-electron chi connectivity index (χ0n) is 11.4. The minimum atomic E-state index is 0.101. The van der Waals surface area contributed by atoms with E-state index in [1.165, 1.54) is 0 Å². The summed E-state index contributed by atoms with van der Waals surface area (Å²) in [5.41, 5.74) is 7.02. The monoisotopic (exact) mass is 291 g/mol. The first-order valence-corrected chi connectivity index (χ1v) is 7.00. The van der Waals surface area contributed by atoms with E-state index in [2.05, 4.69) is 16.9 Å². The highest BCUT2D eigenvalue weighted by Crippen LogP contribution is 2.30. The molecule has 2 rings (SSSR count). The lowest BCUT2D eigenvalue weighted by molar-refractivity contribution is 0.292. The Morgan fingerprint density at radius 1 is 1.25 bits per heavy atom. The molecule has 1 atom stereocenters. The van der Waals surface area contributed by atoms with Crippen LogP contribution in [0.15, 0.2) is 36.7 Å². The minimum Gasteiger partial charge on any atom is -0.484 e. The average molecular weight is 292 g/mol. The number of nitrogens with two attached hydrogens (primary N) is 1. The molecule has 1 unspecified atom stereocenters. The standard InChI is InChI=1S/C15H18ClN3O/c1-2-12(17)9-11-5-3-6-13(16)15(11)20-10-14-18-7-4-8-19-14/h3-8,12H,2,9-10,17H2,1H3. The van der Waals surface area contributed by atoms with Gasteiger partial charge >= 0.3 is 0 Å². The van der Waals surface area contributed by atoms with Gasteiger partial charge in [-0.2, -0.15) is 0 Å². The predicted octanol–water partition coefficient (Wildman–Crippen LogP) is 2.99. The summed E-state index contributed by atoms with van der Waals surface area (Å²) in [6.45, 7) is 2.35. The van der Waals surface area contributed by atoms with E-state index in [4.69, 9.17) is 22.1 Å². The maximum atomic E-state index is 6.22. The van der Waals surface area contributed by atoms with Crippen LogP contribution in [0, 0.1) is 0 Å². The topological polar surface area (TPSA) is 61.0 Å². The second-order valence-corrected chi connectivity index (χ2v) is 4.96. The van der Waals surface area contributed by atoms with Gasteiger partial charge in [0.1, 0.15) is 12.4 Å². The third-order valence-electron chi connectivity index (χ3n) is 3.02. The Kier molecular flexibility index (Phi) is 5.32. The van der Waals surface area contributed by atoms with Crippen LogP contribution in [0.25, 0.3) is 0 Å². The number of hydrogen-bond donors (Lipinski definition) is 1. The van der Waals surface area contributed by atoms with Gasteiger partial charge in [0.15, 0.2) is 5.82 Å². The smallest absolute Gasteiger partial charge is 0.166 e. The summed E-state index contributed by atoms with van der Waals surface area (Å²) >= 11 is 6.22. The molecule has 0 radical (unpaired) electrons. The Bertz CT molecular complexity index is 548. The zero-order valence-corrected chi connectivity index (χ0v) is 12.2. The Labute approximate surface area is 124 Å². The van der Waals surface area contributed by atoms with E-state index in [0.29, 0.717) is 23.2 Å². The molecule has 0 amide bonds. The average Bonchev–Trinajstić information content (AvgIpc) is 2.47. The molecule has 0 bridgehead atoms. The molecule has 106 valence electrons. The van der Waals surface area contributed by atoms with Crippen molar-refractivity contribution in [2.75, 3.05) is 0 Å². The largest absolute Gasteiger partial charge is 0.484 e. The molecule has 0 saturated carbocycles. The third kappa shape index (κ3) is 3.92. The van der Waals surface area contributed by atoms with Crippen molar-refractivity contribution in [1.29, 1.82) is 0 Å². The van der Waals surface area contributed by atoms with Gasteiger partial charge in [-0.3, -0.25) is 0 Å². The molecule has 0 fully saturated rings. The van der Waals surface area contributed by atoms with Gasteiger partial charge in [0.25, 0.3) is 0 Å². The number of para-hydroxylation sites is 1. The fraction of sp³-hybridized carbons (Fsp3) is 0.333. The van der Waals surface area contributed by atoms with Crippen LogP contribution in [0.5, 0.6) is 5.75 Å². The lowest BCUT2D eigenvalue weighted by Crippen LogP contribution is -2.21. The molecule has 0 saturated heterocycles. The normalized spacial score (nSPS) is 12.2. The molecule has 0 spiro atoms. The van der Waals surface area contributed by atoms with Crippen LogP contribution < -0.4 is 10.5 Å². The number of halogens is 1. The van der Waals surface area contributed by atoms with Gasteiger partial charge in [-0.15, -0.1) is 0 Å². The lowest BCUT2D eigenvalue weighted by Gasteiger charge is -2.15.